The van der Waals surface area contributed by atoms with Gasteiger partial charge in [-0.15, -0.1) is 0 Å². The Morgan fingerprint density at radius 1 is 1.12 bits per heavy atom. The number of amides is 1. The maximum absolute atomic E-state index is 12.5. The molecule has 2 aromatic carbocycles. The fourth-order valence-corrected chi connectivity index (χ4v) is 2.89. The fraction of sp³-hybridized carbons (Fsp3) is 0.222. The van der Waals surface area contributed by atoms with Crippen LogP contribution in [0.3, 0.4) is 0 Å². The number of ether oxygens (including phenoxy) is 1. The molecule has 122 valence electrons. The van der Waals surface area contributed by atoms with E-state index in [2.05, 4.69) is 9.97 Å². The smallest absolute Gasteiger partial charge is 0.323 e. The van der Waals surface area contributed by atoms with Gasteiger partial charge in [-0.05, 0) is 36.8 Å². The lowest BCUT2D eigenvalue weighted by Crippen LogP contribution is -2.56. The summed E-state index contributed by atoms with van der Waals surface area (Å²) in [6.45, 7) is 3.13. The summed E-state index contributed by atoms with van der Waals surface area (Å²) in [6, 6.07) is 13.0. The summed E-state index contributed by atoms with van der Waals surface area (Å²) in [4.78, 5) is 30.9. The Labute approximate surface area is 138 Å². The molecule has 1 aliphatic heterocycles. The molecular weight excluding hydrogens is 306 g/mol. The largest absolute Gasteiger partial charge is 0.486 e. The summed E-state index contributed by atoms with van der Waals surface area (Å²) in [5, 5.41) is 0. The van der Waals surface area contributed by atoms with Crippen molar-refractivity contribution in [3.05, 3.63) is 64.1 Å². The minimum absolute atomic E-state index is 0.0193. The number of nitrogens with zero attached hydrogens (tertiary/aromatic N) is 1. The van der Waals surface area contributed by atoms with E-state index in [1.807, 2.05) is 31.2 Å². The highest BCUT2D eigenvalue weighted by molar-refractivity contribution is 5.97. The maximum atomic E-state index is 12.5. The average molecular weight is 323 g/mol. The number of aryl methyl sites for hydroxylation is 1. The third-order valence-corrected chi connectivity index (χ3v) is 4.29. The van der Waals surface area contributed by atoms with Gasteiger partial charge in [0.25, 0.3) is 5.91 Å². The second kappa shape index (κ2) is 5.56. The topological polar surface area (TPSA) is 78.2 Å². The van der Waals surface area contributed by atoms with Crippen LogP contribution in [0.2, 0.25) is 0 Å². The molecule has 4 rings (SSSR count). The van der Waals surface area contributed by atoms with Crippen LogP contribution in [0, 0.1) is 6.92 Å². The van der Waals surface area contributed by atoms with E-state index in [0.29, 0.717) is 29.7 Å². The molecule has 2 N–H and O–H groups in total. The number of carbonyl (C=O) groups excluding carboxylic acids is 1. The molecule has 1 amide bonds. The number of aromatic nitrogens is 2. The zero-order valence-electron chi connectivity index (χ0n) is 13.2. The van der Waals surface area contributed by atoms with Crippen molar-refractivity contribution in [2.45, 2.75) is 13.0 Å². The van der Waals surface area contributed by atoms with Crippen LogP contribution in [0.1, 0.15) is 15.9 Å². The predicted molar refractivity (Wildman–Crippen MR) is 90.4 cm³/mol. The number of imidazole rings is 1. The van der Waals surface area contributed by atoms with Gasteiger partial charge in [0.1, 0.15) is 11.9 Å². The molecule has 0 aliphatic carbocycles. The van der Waals surface area contributed by atoms with Crippen LogP contribution in [0.4, 0.5) is 0 Å². The summed E-state index contributed by atoms with van der Waals surface area (Å²) in [7, 11) is 0. The van der Waals surface area contributed by atoms with Gasteiger partial charge in [-0.25, -0.2) is 4.79 Å². The van der Waals surface area contributed by atoms with Crippen molar-refractivity contribution in [1.82, 2.24) is 14.9 Å². The minimum atomic E-state index is -0.273. The number of carbonyl (C=O) groups is 1. The van der Waals surface area contributed by atoms with Gasteiger partial charge < -0.3 is 19.6 Å². The molecule has 6 heteroatoms. The zero-order valence-corrected chi connectivity index (χ0v) is 13.2. The molecule has 2 heterocycles. The standard InChI is InChI=1S/C18H17N3O3/c1-11-4-2-3-5-16(11)24-13-9-21(10-13)17(22)12-6-7-14-15(8-12)20-18(23)19-14/h2-8,13H,9-10H2,1H3,(H2,19,20,23). The first-order valence-corrected chi connectivity index (χ1v) is 7.84. The van der Waals surface area contributed by atoms with Crippen molar-refractivity contribution in [3.8, 4) is 5.75 Å². The van der Waals surface area contributed by atoms with Crippen LogP contribution >= 0.6 is 0 Å². The molecule has 0 atom stereocenters. The molecule has 1 aliphatic rings. The Kier molecular flexibility index (Phi) is 3.37. The van der Waals surface area contributed by atoms with E-state index in [9.17, 15) is 9.59 Å². The molecule has 0 spiro atoms. The third kappa shape index (κ3) is 2.56. The van der Waals surface area contributed by atoms with Crippen LogP contribution in [0.15, 0.2) is 47.3 Å². The fourth-order valence-electron chi connectivity index (χ4n) is 2.89. The Morgan fingerprint density at radius 3 is 2.67 bits per heavy atom. The number of aromatic amines is 2. The van der Waals surface area contributed by atoms with Gasteiger partial charge >= 0.3 is 5.69 Å². The monoisotopic (exact) mass is 323 g/mol. The van der Waals surface area contributed by atoms with Gasteiger partial charge in [-0.3, -0.25) is 4.79 Å². The van der Waals surface area contributed by atoms with Gasteiger partial charge in [-0.2, -0.15) is 0 Å². The number of benzene rings is 2. The second-order valence-electron chi connectivity index (χ2n) is 6.05. The highest BCUT2D eigenvalue weighted by atomic mass is 16.5. The van der Waals surface area contributed by atoms with E-state index in [0.717, 1.165) is 11.3 Å². The Hall–Kier alpha value is -3.02. The first-order valence-electron chi connectivity index (χ1n) is 7.84. The molecule has 0 radical (unpaired) electrons. The van der Waals surface area contributed by atoms with Gasteiger partial charge in [0.15, 0.2) is 0 Å². The lowest BCUT2D eigenvalue weighted by molar-refractivity contribution is 0.0175. The molecule has 0 unspecified atom stereocenters. The van der Waals surface area contributed by atoms with E-state index >= 15 is 0 Å². The highest BCUT2D eigenvalue weighted by Crippen LogP contribution is 2.23. The van der Waals surface area contributed by atoms with Crippen LogP contribution in [-0.2, 0) is 0 Å². The van der Waals surface area contributed by atoms with Gasteiger partial charge in [0.2, 0.25) is 0 Å². The summed E-state index contributed by atoms with van der Waals surface area (Å²) >= 11 is 0. The summed E-state index contributed by atoms with van der Waals surface area (Å²) in [6.07, 6.45) is 0.0193. The number of para-hydroxylation sites is 1. The molecule has 1 fully saturated rings. The third-order valence-electron chi connectivity index (χ3n) is 4.29. The van der Waals surface area contributed by atoms with Crippen molar-refractivity contribution >= 4 is 16.9 Å². The average Bonchev–Trinajstić information content (AvgIpc) is 2.90. The molecule has 1 aromatic heterocycles. The van der Waals surface area contributed by atoms with Crippen molar-refractivity contribution in [2.24, 2.45) is 0 Å². The summed E-state index contributed by atoms with van der Waals surface area (Å²) in [5.74, 6) is 0.810. The predicted octanol–water partition coefficient (Wildman–Crippen LogP) is 2.07. The maximum Gasteiger partial charge on any atom is 0.323 e. The molecule has 24 heavy (non-hydrogen) atoms. The second-order valence-corrected chi connectivity index (χ2v) is 6.05. The number of hydrogen-bond acceptors (Lipinski definition) is 3. The molecule has 0 saturated carbocycles. The van der Waals surface area contributed by atoms with E-state index in [-0.39, 0.29) is 17.7 Å². The number of nitrogens with one attached hydrogen (secondary N) is 2. The van der Waals surface area contributed by atoms with E-state index < -0.39 is 0 Å². The van der Waals surface area contributed by atoms with Crippen molar-refractivity contribution in [1.29, 1.82) is 0 Å². The van der Waals surface area contributed by atoms with Crippen molar-refractivity contribution < 1.29 is 9.53 Å². The Bertz CT molecular complexity index is 967. The molecular formula is C18H17N3O3. The number of rotatable bonds is 3. The number of hydrogen-bond donors (Lipinski definition) is 2. The number of likely N-dealkylation sites (tertiary alicyclic amines) is 1. The first-order chi connectivity index (χ1) is 11.6. The van der Waals surface area contributed by atoms with Crippen LogP contribution in [0.25, 0.3) is 11.0 Å². The number of fused-ring (bicyclic) bond motifs is 1. The first kappa shape index (κ1) is 14.6. The van der Waals surface area contributed by atoms with E-state index in [1.165, 1.54) is 0 Å². The van der Waals surface area contributed by atoms with Crippen molar-refractivity contribution in [3.63, 3.8) is 0 Å². The Morgan fingerprint density at radius 2 is 1.88 bits per heavy atom. The summed E-state index contributed by atoms with van der Waals surface area (Å²) in [5.41, 5.74) is 2.71. The van der Waals surface area contributed by atoms with Crippen LogP contribution < -0.4 is 10.4 Å². The normalized spacial score (nSPS) is 14.6. The van der Waals surface area contributed by atoms with Crippen LogP contribution in [-0.4, -0.2) is 40.0 Å². The van der Waals surface area contributed by atoms with E-state index in [4.69, 9.17) is 4.74 Å². The van der Waals surface area contributed by atoms with Crippen molar-refractivity contribution in [2.75, 3.05) is 13.1 Å². The molecule has 3 aromatic rings. The zero-order chi connectivity index (χ0) is 16.7. The minimum Gasteiger partial charge on any atom is -0.486 e. The Balaban J connectivity index is 1.43. The molecule has 6 nitrogen and oxygen atoms in total. The highest BCUT2D eigenvalue weighted by Gasteiger charge is 2.33. The lowest BCUT2D eigenvalue weighted by atomic mass is 10.1. The summed E-state index contributed by atoms with van der Waals surface area (Å²) < 4.78 is 5.92. The van der Waals surface area contributed by atoms with Gasteiger partial charge in [0, 0.05) is 5.56 Å². The van der Waals surface area contributed by atoms with Gasteiger partial charge in [-0.1, -0.05) is 18.2 Å². The lowest BCUT2D eigenvalue weighted by Gasteiger charge is -2.39. The quantitative estimate of drug-likeness (QED) is 0.774. The molecule has 1 saturated heterocycles. The number of H-pyrrole nitrogens is 2. The van der Waals surface area contributed by atoms with E-state index in [1.54, 1.807) is 23.1 Å². The SMILES string of the molecule is Cc1ccccc1OC1CN(C(=O)c2ccc3[nH]c(=O)[nH]c3c2)C1. The van der Waals surface area contributed by atoms with Crippen LogP contribution in [0.5, 0.6) is 5.75 Å². The van der Waals surface area contributed by atoms with Gasteiger partial charge in [0.05, 0.1) is 24.1 Å². The molecule has 0 bridgehead atoms.